The van der Waals surface area contributed by atoms with Crippen molar-refractivity contribution < 1.29 is 14.3 Å². The monoisotopic (exact) mass is 386 g/mol. The largest absolute Gasteiger partial charge is 0.497 e. The molecule has 24 heavy (non-hydrogen) atoms. The van der Waals surface area contributed by atoms with E-state index >= 15 is 0 Å². The molecule has 0 saturated carbocycles. The maximum Gasteiger partial charge on any atom is 0.266 e. The molecule has 5 nitrogen and oxygen atoms in total. The van der Waals surface area contributed by atoms with Crippen LogP contribution in [0.4, 0.5) is 5.69 Å². The number of carbonyl (C=O) groups excluding carboxylic acids is 1. The van der Waals surface area contributed by atoms with Crippen LogP contribution in [0.25, 0.3) is 6.08 Å². The Balaban J connectivity index is 2.18. The minimum absolute atomic E-state index is 0.00267. The van der Waals surface area contributed by atoms with Crippen molar-refractivity contribution in [2.45, 2.75) is 0 Å². The molecule has 0 aliphatic rings. The molecule has 1 N–H and O–H groups in total. The molecule has 0 spiro atoms. The van der Waals surface area contributed by atoms with Crippen LogP contribution < -0.4 is 14.8 Å². The number of anilines is 1. The summed E-state index contributed by atoms with van der Waals surface area (Å²) in [6.07, 6.45) is 1.52. The van der Waals surface area contributed by atoms with E-state index in [-0.39, 0.29) is 5.57 Å². The van der Waals surface area contributed by atoms with Gasteiger partial charge in [-0.25, -0.2) is 0 Å². The molecule has 122 valence electrons. The second-order valence-electron chi connectivity index (χ2n) is 4.75. The van der Waals surface area contributed by atoms with Gasteiger partial charge in [-0.15, -0.1) is 0 Å². The van der Waals surface area contributed by atoms with Crippen LogP contribution in [-0.2, 0) is 4.79 Å². The Bertz CT molecular complexity index is 808. The van der Waals surface area contributed by atoms with Gasteiger partial charge in [-0.1, -0.05) is 6.07 Å². The van der Waals surface area contributed by atoms with Gasteiger partial charge in [0.05, 0.1) is 18.7 Å². The lowest BCUT2D eigenvalue weighted by Crippen LogP contribution is -2.13. The van der Waals surface area contributed by atoms with Crippen molar-refractivity contribution in [2.75, 3.05) is 19.5 Å². The predicted molar refractivity (Wildman–Crippen MR) is 95.9 cm³/mol. The molecular formula is C18H15BrN2O3. The summed E-state index contributed by atoms with van der Waals surface area (Å²) in [7, 11) is 3.13. The van der Waals surface area contributed by atoms with E-state index in [9.17, 15) is 10.1 Å². The highest BCUT2D eigenvalue weighted by Gasteiger charge is 2.10. The fourth-order valence-corrected chi connectivity index (χ4v) is 2.52. The Hall–Kier alpha value is -2.78. The molecule has 0 unspecified atom stereocenters. The summed E-state index contributed by atoms with van der Waals surface area (Å²) >= 11 is 3.37. The number of benzene rings is 2. The van der Waals surface area contributed by atoms with E-state index in [1.807, 2.05) is 6.07 Å². The minimum atomic E-state index is -0.477. The molecular weight excluding hydrogens is 372 g/mol. The number of carbonyl (C=O) groups is 1. The zero-order chi connectivity index (χ0) is 17.5. The van der Waals surface area contributed by atoms with Crippen molar-refractivity contribution in [3.05, 3.63) is 58.1 Å². The molecule has 6 heteroatoms. The van der Waals surface area contributed by atoms with Crippen LogP contribution in [0, 0.1) is 11.3 Å². The highest BCUT2D eigenvalue weighted by atomic mass is 79.9. The van der Waals surface area contributed by atoms with Crippen molar-refractivity contribution in [3.63, 3.8) is 0 Å². The van der Waals surface area contributed by atoms with E-state index in [1.165, 1.54) is 6.08 Å². The normalized spacial score (nSPS) is 10.7. The van der Waals surface area contributed by atoms with Crippen LogP contribution in [0.5, 0.6) is 11.5 Å². The number of rotatable bonds is 5. The van der Waals surface area contributed by atoms with Gasteiger partial charge >= 0.3 is 0 Å². The van der Waals surface area contributed by atoms with Crippen molar-refractivity contribution in [3.8, 4) is 17.6 Å². The van der Waals surface area contributed by atoms with Crippen molar-refractivity contribution >= 4 is 33.6 Å². The maximum absolute atomic E-state index is 12.2. The first-order chi connectivity index (χ1) is 11.6. The smallest absolute Gasteiger partial charge is 0.266 e. The number of hydrogen-bond donors (Lipinski definition) is 1. The van der Waals surface area contributed by atoms with E-state index < -0.39 is 5.91 Å². The quantitative estimate of drug-likeness (QED) is 0.622. The van der Waals surface area contributed by atoms with Crippen LogP contribution >= 0.6 is 15.9 Å². The van der Waals surface area contributed by atoms with Crippen molar-refractivity contribution in [1.82, 2.24) is 0 Å². The Morgan fingerprint density at radius 3 is 2.42 bits per heavy atom. The first-order valence-electron chi connectivity index (χ1n) is 6.98. The molecule has 0 heterocycles. The van der Waals surface area contributed by atoms with Gasteiger partial charge in [-0.3, -0.25) is 4.79 Å². The van der Waals surface area contributed by atoms with E-state index in [2.05, 4.69) is 21.2 Å². The lowest BCUT2D eigenvalue weighted by molar-refractivity contribution is -0.112. The highest BCUT2D eigenvalue weighted by molar-refractivity contribution is 9.10. The standard InChI is InChI=1S/C18H15BrN2O3/c1-23-15-6-4-14(5-7-15)21-18(22)13(11-20)9-12-3-8-17(24-2)16(19)10-12/h3-10H,1-2H3,(H,21,22). The Morgan fingerprint density at radius 2 is 1.88 bits per heavy atom. The van der Waals surface area contributed by atoms with E-state index in [0.717, 1.165) is 4.47 Å². The average molecular weight is 387 g/mol. The van der Waals surface area contributed by atoms with Crippen LogP contribution in [0.1, 0.15) is 5.56 Å². The van der Waals surface area contributed by atoms with Gasteiger partial charge in [-0.2, -0.15) is 5.26 Å². The molecule has 2 rings (SSSR count). The lowest BCUT2D eigenvalue weighted by Gasteiger charge is -2.06. The average Bonchev–Trinajstić information content (AvgIpc) is 2.60. The van der Waals surface area contributed by atoms with E-state index in [4.69, 9.17) is 9.47 Å². The van der Waals surface area contributed by atoms with Gasteiger partial charge in [0.25, 0.3) is 5.91 Å². The van der Waals surface area contributed by atoms with Gasteiger partial charge in [0, 0.05) is 5.69 Å². The second kappa shape index (κ2) is 8.18. The highest BCUT2D eigenvalue weighted by Crippen LogP contribution is 2.26. The number of amides is 1. The summed E-state index contributed by atoms with van der Waals surface area (Å²) in [5, 5.41) is 11.9. The molecule has 0 aliphatic heterocycles. The Kier molecular flexibility index (Phi) is 5.99. The molecule has 0 atom stereocenters. The number of nitriles is 1. The SMILES string of the molecule is COc1ccc(NC(=O)C(C#N)=Cc2ccc(OC)c(Br)c2)cc1. The minimum Gasteiger partial charge on any atom is -0.497 e. The number of hydrogen-bond acceptors (Lipinski definition) is 4. The fourth-order valence-electron chi connectivity index (χ4n) is 1.96. The van der Waals surface area contributed by atoms with Gasteiger partial charge in [-0.05, 0) is 64.0 Å². The second-order valence-corrected chi connectivity index (χ2v) is 5.60. The molecule has 0 aliphatic carbocycles. The predicted octanol–water partition coefficient (Wildman–Crippen LogP) is 4.01. The van der Waals surface area contributed by atoms with E-state index in [0.29, 0.717) is 22.7 Å². The summed E-state index contributed by atoms with van der Waals surface area (Å²) in [5.41, 5.74) is 1.30. The number of nitrogens with zero attached hydrogens (tertiary/aromatic N) is 1. The zero-order valence-electron chi connectivity index (χ0n) is 13.2. The fraction of sp³-hybridized carbons (Fsp3) is 0.111. The Labute approximate surface area is 148 Å². The first-order valence-corrected chi connectivity index (χ1v) is 7.77. The third-order valence-corrected chi connectivity index (χ3v) is 3.82. The van der Waals surface area contributed by atoms with Crippen LogP contribution in [0.3, 0.4) is 0 Å². The van der Waals surface area contributed by atoms with Crippen LogP contribution in [0.2, 0.25) is 0 Å². The molecule has 0 aromatic heterocycles. The molecule has 0 saturated heterocycles. The molecule has 2 aromatic carbocycles. The summed E-state index contributed by atoms with van der Waals surface area (Å²) in [5.74, 6) is 0.884. The number of nitrogens with one attached hydrogen (secondary N) is 1. The lowest BCUT2D eigenvalue weighted by atomic mass is 10.1. The summed E-state index contributed by atoms with van der Waals surface area (Å²) in [4.78, 5) is 12.2. The van der Waals surface area contributed by atoms with Gasteiger partial charge in [0.1, 0.15) is 23.1 Å². The topological polar surface area (TPSA) is 71.3 Å². The Morgan fingerprint density at radius 1 is 1.17 bits per heavy atom. The number of methoxy groups -OCH3 is 2. The van der Waals surface area contributed by atoms with Gasteiger partial charge in [0.2, 0.25) is 0 Å². The third kappa shape index (κ3) is 4.37. The molecule has 2 aromatic rings. The molecule has 0 fully saturated rings. The van der Waals surface area contributed by atoms with Crippen LogP contribution in [0.15, 0.2) is 52.5 Å². The number of halogens is 1. The zero-order valence-corrected chi connectivity index (χ0v) is 14.8. The molecule has 0 bridgehead atoms. The summed E-state index contributed by atoms with van der Waals surface area (Å²) < 4.78 is 11.0. The van der Waals surface area contributed by atoms with Crippen LogP contribution in [-0.4, -0.2) is 20.1 Å². The van der Waals surface area contributed by atoms with E-state index in [1.54, 1.807) is 56.7 Å². The van der Waals surface area contributed by atoms with Crippen molar-refractivity contribution in [2.24, 2.45) is 0 Å². The molecule has 0 radical (unpaired) electrons. The summed E-state index contributed by atoms with van der Waals surface area (Å²) in [6, 6.07) is 14.1. The first kappa shape index (κ1) is 17.6. The van der Waals surface area contributed by atoms with Crippen molar-refractivity contribution in [1.29, 1.82) is 5.26 Å². The number of ether oxygens (including phenoxy) is 2. The van der Waals surface area contributed by atoms with Gasteiger partial charge in [0.15, 0.2) is 0 Å². The third-order valence-electron chi connectivity index (χ3n) is 3.20. The maximum atomic E-state index is 12.2. The van der Waals surface area contributed by atoms with Gasteiger partial charge < -0.3 is 14.8 Å². The molecule has 1 amide bonds. The summed E-state index contributed by atoms with van der Waals surface area (Å²) in [6.45, 7) is 0.